The molecule has 0 saturated heterocycles. The maximum atomic E-state index is 11.5. The number of pyridine rings is 1. The summed E-state index contributed by atoms with van der Waals surface area (Å²) in [5, 5.41) is 22.5. The van der Waals surface area contributed by atoms with Crippen LogP contribution in [-0.2, 0) is 0 Å². The van der Waals surface area contributed by atoms with Gasteiger partial charge in [-0.15, -0.1) is 0 Å². The molecule has 2 aromatic heterocycles. The summed E-state index contributed by atoms with van der Waals surface area (Å²) in [6, 6.07) is 9.15. The standard InChI is InChI=1S/C17H12ClN3O2/c1-23-17-4-5-21(22)10-12(17)6-11(8-19)15-9-20-16-3-2-13(18)7-14(15)16/h2-7,9-10,20H,1H3/b11-6+. The van der Waals surface area contributed by atoms with Gasteiger partial charge in [-0.05, 0) is 24.3 Å². The Bertz CT molecular complexity index is 954. The van der Waals surface area contributed by atoms with Crippen molar-refractivity contribution in [3.05, 3.63) is 64.2 Å². The maximum Gasteiger partial charge on any atom is 0.191 e. The Labute approximate surface area is 137 Å². The minimum atomic E-state index is 0.406. The lowest BCUT2D eigenvalue weighted by Crippen LogP contribution is -2.24. The molecule has 0 aliphatic rings. The van der Waals surface area contributed by atoms with E-state index in [1.807, 2.05) is 6.07 Å². The number of aromatic amines is 1. The number of nitriles is 1. The highest BCUT2D eigenvalue weighted by molar-refractivity contribution is 6.31. The molecule has 0 amide bonds. The fourth-order valence-electron chi connectivity index (χ4n) is 2.42. The molecule has 6 heteroatoms. The van der Waals surface area contributed by atoms with E-state index in [9.17, 15) is 10.5 Å². The van der Waals surface area contributed by atoms with E-state index in [1.165, 1.54) is 19.5 Å². The van der Waals surface area contributed by atoms with Crippen LogP contribution in [0.25, 0.3) is 22.6 Å². The van der Waals surface area contributed by atoms with E-state index < -0.39 is 0 Å². The normalized spacial score (nSPS) is 11.4. The van der Waals surface area contributed by atoms with Gasteiger partial charge in [0.1, 0.15) is 5.75 Å². The number of H-pyrrole nitrogens is 1. The first kappa shape index (κ1) is 14.9. The van der Waals surface area contributed by atoms with Gasteiger partial charge in [0.25, 0.3) is 0 Å². The first-order valence-corrected chi connectivity index (χ1v) is 7.16. The van der Waals surface area contributed by atoms with Crippen molar-refractivity contribution in [3.63, 3.8) is 0 Å². The summed E-state index contributed by atoms with van der Waals surface area (Å²) in [6.45, 7) is 0. The third-order valence-electron chi connectivity index (χ3n) is 3.50. The molecule has 3 rings (SSSR count). The highest BCUT2D eigenvalue weighted by atomic mass is 35.5. The largest absolute Gasteiger partial charge is 0.619 e. The molecule has 0 aliphatic carbocycles. The van der Waals surface area contributed by atoms with Gasteiger partial charge in [0, 0.05) is 33.8 Å². The Hall–Kier alpha value is -2.97. The van der Waals surface area contributed by atoms with E-state index in [0.29, 0.717) is 32.2 Å². The predicted molar refractivity (Wildman–Crippen MR) is 88.7 cm³/mol. The van der Waals surface area contributed by atoms with Crippen LogP contribution >= 0.6 is 11.6 Å². The van der Waals surface area contributed by atoms with Crippen LogP contribution in [0, 0.1) is 16.5 Å². The van der Waals surface area contributed by atoms with E-state index in [0.717, 1.165) is 10.9 Å². The second kappa shape index (κ2) is 6.03. The third kappa shape index (κ3) is 2.85. The lowest BCUT2D eigenvalue weighted by Gasteiger charge is -2.05. The summed E-state index contributed by atoms with van der Waals surface area (Å²) < 4.78 is 5.90. The van der Waals surface area contributed by atoms with Gasteiger partial charge in [0.2, 0.25) is 0 Å². The molecule has 5 nitrogen and oxygen atoms in total. The number of hydrogen-bond acceptors (Lipinski definition) is 3. The fraction of sp³-hybridized carbons (Fsp3) is 0.0588. The molecule has 1 aromatic carbocycles. The van der Waals surface area contributed by atoms with E-state index in [1.54, 1.807) is 30.5 Å². The van der Waals surface area contributed by atoms with Crippen LogP contribution in [0.2, 0.25) is 5.02 Å². The molecule has 0 unspecified atom stereocenters. The zero-order valence-corrected chi connectivity index (χ0v) is 13.0. The number of benzene rings is 1. The van der Waals surface area contributed by atoms with Crippen molar-refractivity contribution >= 4 is 34.2 Å². The molecule has 0 fully saturated rings. The number of aromatic nitrogens is 2. The number of ether oxygens (including phenoxy) is 1. The summed E-state index contributed by atoms with van der Waals surface area (Å²) in [5.41, 5.74) is 2.53. The summed E-state index contributed by atoms with van der Waals surface area (Å²) >= 11 is 6.04. The number of hydrogen-bond donors (Lipinski definition) is 1. The number of nitrogens with one attached hydrogen (secondary N) is 1. The predicted octanol–water partition coefficient (Wildman–Crippen LogP) is 3.53. The zero-order valence-electron chi connectivity index (χ0n) is 12.2. The number of allylic oxidation sites excluding steroid dienone is 1. The van der Waals surface area contributed by atoms with Gasteiger partial charge >= 0.3 is 0 Å². The number of methoxy groups -OCH3 is 1. The Morgan fingerprint density at radius 3 is 3.00 bits per heavy atom. The van der Waals surface area contributed by atoms with E-state index in [-0.39, 0.29) is 0 Å². The van der Waals surface area contributed by atoms with Crippen molar-refractivity contribution in [1.82, 2.24) is 4.98 Å². The lowest BCUT2D eigenvalue weighted by molar-refractivity contribution is -0.605. The monoisotopic (exact) mass is 325 g/mol. The molecule has 3 aromatic rings. The summed E-state index contributed by atoms with van der Waals surface area (Å²) in [5.74, 6) is 0.516. The van der Waals surface area contributed by atoms with Crippen LogP contribution in [0.1, 0.15) is 11.1 Å². The maximum absolute atomic E-state index is 11.5. The molecular formula is C17H12ClN3O2. The first-order chi connectivity index (χ1) is 11.1. The van der Waals surface area contributed by atoms with E-state index in [2.05, 4.69) is 11.1 Å². The summed E-state index contributed by atoms with van der Waals surface area (Å²) in [4.78, 5) is 3.11. The van der Waals surface area contributed by atoms with Crippen molar-refractivity contribution in [1.29, 1.82) is 5.26 Å². The van der Waals surface area contributed by atoms with Crippen LogP contribution in [0.4, 0.5) is 0 Å². The molecule has 0 radical (unpaired) electrons. The van der Waals surface area contributed by atoms with Gasteiger partial charge in [-0.25, -0.2) is 0 Å². The third-order valence-corrected chi connectivity index (χ3v) is 3.73. The average Bonchev–Trinajstić information content (AvgIpc) is 2.95. The number of rotatable bonds is 3. The van der Waals surface area contributed by atoms with Crippen LogP contribution in [0.5, 0.6) is 5.75 Å². The second-order valence-electron chi connectivity index (χ2n) is 4.89. The second-order valence-corrected chi connectivity index (χ2v) is 5.33. The van der Waals surface area contributed by atoms with E-state index >= 15 is 0 Å². The van der Waals surface area contributed by atoms with Gasteiger partial charge in [0.15, 0.2) is 12.4 Å². The van der Waals surface area contributed by atoms with Crippen molar-refractivity contribution in [2.24, 2.45) is 0 Å². The van der Waals surface area contributed by atoms with Crippen molar-refractivity contribution in [2.75, 3.05) is 7.11 Å². The topological polar surface area (TPSA) is 75.8 Å². The van der Waals surface area contributed by atoms with Gasteiger partial charge in [-0.1, -0.05) is 11.6 Å². The van der Waals surface area contributed by atoms with Crippen molar-refractivity contribution in [3.8, 4) is 11.8 Å². The van der Waals surface area contributed by atoms with Crippen molar-refractivity contribution < 1.29 is 9.47 Å². The molecule has 0 spiro atoms. The SMILES string of the molecule is COc1cc[n+]([O-])cc1/C=C(\C#N)c1c[nH]c2ccc(Cl)cc12. The molecule has 2 heterocycles. The Morgan fingerprint density at radius 2 is 2.26 bits per heavy atom. The molecule has 114 valence electrons. The number of fused-ring (bicyclic) bond motifs is 1. The Balaban J connectivity index is 2.18. The average molecular weight is 326 g/mol. The Morgan fingerprint density at radius 1 is 1.43 bits per heavy atom. The van der Waals surface area contributed by atoms with Crippen molar-refractivity contribution in [2.45, 2.75) is 0 Å². The fourth-order valence-corrected chi connectivity index (χ4v) is 2.59. The number of halogens is 1. The first-order valence-electron chi connectivity index (χ1n) is 6.78. The molecule has 23 heavy (non-hydrogen) atoms. The summed E-state index contributed by atoms with van der Waals surface area (Å²) in [7, 11) is 1.51. The zero-order chi connectivity index (χ0) is 16.4. The van der Waals surface area contributed by atoms with Crippen LogP contribution in [-0.4, -0.2) is 12.1 Å². The molecule has 0 aliphatic heterocycles. The van der Waals surface area contributed by atoms with Crippen LogP contribution in [0.15, 0.2) is 42.9 Å². The Kier molecular flexibility index (Phi) is 3.92. The van der Waals surface area contributed by atoms with Gasteiger partial charge in [0.05, 0.1) is 24.3 Å². The quantitative estimate of drug-likeness (QED) is 0.454. The highest BCUT2D eigenvalue weighted by Gasteiger charge is 2.12. The minimum absolute atomic E-state index is 0.406. The molecule has 0 bridgehead atoms. The number of nitrogens with zero attached hydrogens (tertiary/aromatic N) is 2. The van der Waals surface area contributed by atoms with Gasteiger partial charge in [-0.2, -0.15) is 9.99 Å². The highest BCUT2D eigenvalue weighted by Crippen LogP contribution is 2.29. The molecule has 0 saturated carbocycles. The van der Waals surface area contributed by atoms with Crippen LogP contribution in [0.3, 0.4) is 0 Å². The van der Waals surface area contributed by atoms with Crippen LogP contribution < -0.4 is 9.47 Å². The smallest absolute Gasteiger partial charge is 0.191 e. The molecule has 0 atom stereocenters. The molecule has 1 N–H and O–H groups in total. The van der Waals surface area contributed by atoms with E-state index in [4.69, 9.17) is 16.3 Å². The summed E-state index contributed by atoms with van der Waals surface area (Å²) in [6.07, 6.45) is 6.07. The lowest BCUT2D eigenvalue weighted by atomic mass is 10.0. The van der Waals surface area contributed by atoms with Gasteiger partial charge < -0.3 is 14.9 Å². The molecular weight excluding hydrogens is 314 g/mol. The van der Waals surface area contributed by atoms with Gasteiger partial charge in [-0.3, -0.25) is 0 Å². The minimum Gasteiger partial charge on any atom is -0.619 e.